The highest BCUT2D eigenvalue weighted by molar-refractivity contribution is 6.30. The first-order valence-corrected chi connectivity index (χ1v) is 11.8. The largest absolute Gasteiger partial charge is 0.459 e. The minimum absolute atomic E-state index is 0.0446. The lowest BCUT2D eigenvalue weighted by Gasteiger charge is -2.25. The summed E-state index contributed by atoms with van der Waals surface area (Å²) in [6.45, 7) is 10.4. The second-order valence-electron chi connectivity index (χ2n) is 9.73. The summed E-state index contributed by atoms with van der Waals surface area (Å²) in [5, 5.41) is 3.69. The van der Waals surface area contributed by atoms with Crippen molar-refractivity contribution >= 4 is 23.4 Å². The predicted octanol–water partition coefficient (Wildman–Crippen LogP) is 3.48. The van der Waals surface area contributed by atoms with E-state index in [-0.39, 0.29) is 17.4 Å². The van der Waals surface area contributed by atoms with Crippen molar-refractivity contribution < 1.29 is 14.0 Å². The van der Waals surface area contributed by atoms with Crippen molar-refractivity contribution in [3.05, 3.63) is 47.2 Å². The lowest BCUT2D eigenvalue weighted by atomic mass is 10.1. The van der Waals surface area contributed by atoms with E-state index in [0.29, 0.717) is 24.7 Å². The summed E-state index contributed by atoms with van der Waals surface area (Å²) in [7, 11) is 1.80. The second kappa shape index (κ2) is 11.2. The summed E-state index contributed by atoms with van der Waals surface area (Å²) in [6.07, 6.45) is 0.933. The fourth-order valence-corrected chi connectivity index (χ4v) is 3.99. The first-order valence-electron chi connectivity index (χ1n) is 11.4. The Morgan fingerprint density at radius 2 is 1.64 bits per heavy atom. The molecule has 0 atom stereocenters. The van der Waals surface area contributed by atoms with Gasteiger partial charge in [-0.05, 0) is 76.7 Å². The van der Waals surface area contributed by atoms with E-state index in [1.807, 2.05) is 57.2 Å². The highest BCUT2D eigenvalue weighted by atomic mass is 35.5. The summed E-state index contributed by atoms with van der Waals surface area (Å²) in [5.74, 6) is 1.59. The molecule has 33 heavy (non-hydrogen) atoms. The molecule has 1 aromatic heterocycles. The molecule has 2 amide bonds. The third-order valence-corrected chi connectivity index (χ3v) is 5.78. The zero-order chi connectivity index (χ0) is 24.0. The van der Waals surface area contributed by atoms with Gasteiger partial charge < -0.3 is 14.6 Å². The number of rotatable bonds is 7. The lowest BCUT2D eigenvalue weighted by molar-refractivity contribution is -0.132. The van der Waals surface area contributed by atoms with E-state index < -0.39 is 0 Å². The van der Waals surface area contributed by atoms with Crippen molar-refractivity contribution in [2.45, 2.75) is 39.3 Å². The molecule has 180 valence electrons. The van der Waals surface area contributed by atoms with Crippen LogP contribution in [0, 0.1) is 0 Å². The van der Waals surface area contributed by atoms with Crippen LogP contribution in [0.2, 0.25) is 5.02 Å². The summed E-state index contributed by atoms with van der Waals surface area (Å²) in [6, 6.07) is 11.3. The van der Waals surface area contributed by atoms with E-state index in [9.17, 15) is 9.59 Å². The predicted molar refractivity (Wildman–Crippen MR) is 131 cm³/mol. The highest BCUT2D eigenvalue weighted by Crippen LogP contribution is 2.24. The van der Waals surface area contributed by atoms with Crippen molar-refractivity contribution in [2.24, 2.45) is 0 Å². The van der Waals surface area contributed by atoms with Gasteiger partial charge in [-0.25, -0.2) is 0 Å². The van der Waals surface area contributed by atoms with E-state index in [0.717, 1.165) is 49.7 Å². The number of carbonyl (C=O) groups is 2. The smallest absolute Gasteiger partial charge is 0.236 e. The molecule has 3 rings (SSSR count). The number of halogens is 1. The van der Waals surface area contributed by atoms with E-state index in [1.54, 1.807) is 11.9 Å². The Balaban J connectivity index is 1.46. The molecule has 0 unspecified atom stereocenters. The molecule has 1 saturated heterocycles. The van der Waals surface area contributed by atoms with Gasteiger partial charge in [-0.1, -0.05) is 11.6 Å². The van der Waals surface area contributed by atoms with Crippen LogP contribution in [-0.4, -0.2) is 78.4 Å². The number of amides is 2. The molecule has 0 aliphatic carbocycles. The highest BCUT2D eigenvalue weighted by Gasteiger charge is 2.22. The zero-order valence-electron chi connectivity index (χ0n) is 20.1. The first-order chi connectivity index (χ1) is 15.6. The van der Waals surface area contributed by atoms with Gasteiger partial charge in [-0.3, -0.25) is 19.4 Å². The Bertz CT molecular complexity index is 936. The quantitative estimate of drug-likeness (QED) is 0.665. The molecule has 1 aliphatic heterocycles. The van der Waals surface area contributed by atoms with Crippen LogP contribution in [0.15, 0.2) is 40.8 Å². The van der Waals surface area contributed by atoms with Gasteiger partial charge in [0, 0.05) is 36.3 Å². The van der Waals surface area contributed by atoms with Crippen molar-refractivity contribution in [2.75, 3.05) is 46.3 Å². The molecule has 1 fully saturated rings. The Morgan fingerprint density at radius 1 is 1.00 bits per heavy atom. The molecular formula is C25H35ClN4O3. The SMILES string of the molecule is CN(Cc1ccc(-c2ccc(Cl)cc2)o1)C(=O)CN1CCCN(CC(=O)NC(C)(C)C)CC1. The molecule has 0 saturated carbocycles. The maximum atomic E-state index is 12.8. The number of benzene rings is 1. The maximum absolute atomic E-state index is 12.8. The molecule has 0 bridgehead atoms. The average molecular weight is 475 g/mol. The number of furan rings is 1. The molecule has 0 spiro atoms. The summed E-state index contributed by atoms with van der Waals surface area (Å²) in [4.78, 5) is 31.1. The fourth-order valence-electron chi connectivity index (χ4n) is 3.87. The summed E-state index contributed by atoms with van der Waals surface area (Å²) in [5.41, 5.74) is 0.722. The van der Waals surface area contributed by atoms with Gasteiger partial charge in [0.05, 0.1) is 19.6 Å². The summed E-state index contributed by atoms with van der Waals surface area (Å²) >= 11 is 5.95. The van der Waals surface area contributed by atoms with Crippen LogP contribution in [-0.2, 0) is 16.1 Å². The minimum atomic E-state index is -0.227. The molecule has 0 radical (unpaired) electrons. The topological polar surface area (TPSA) is 69.0 Å². The second-order valence-corrected chi connectivity index (χ2v) is 10.2. The Kier molecular flexibility index (Phi) is 8.57. The van der Waals surface area contributed by atoms with Crippen LogP contribution in [0.1, 0.15) is 33.0 Å². The van der Waals surface area contributed by atoms with Gasteiger partial charge in [0.2, 0.25) is 11.8 Å². The van der Waals surface area contributed by atoms with Crippen LogP contribution in [0.25, 0.3) is 11.3 Å². The van der Waals surface area contributed by atoms with Gasteiger partial charge in [0.15, 0.2) is 0 Å². The van der Waals surface area contributed by atoms with Crippen LogP contribution >= 0.6 is 11.6 Å². The Labute approximate surface area is 201 Å². The molecule has 1 aliphatic rings. The van der Waals surface area contributed by atoms with Crippen molar-refractivity contribution in [1.82, 2.24) is 20.0 Å². The fraction of sp³-hybridized carbons (Fsp3) is 0.520. The van der Waals surface area contributed by atoms with Crippen molar-refractivity contribution in [3.8, 4) is 11.3 Å². The molecule has 8 heteroatoms. The zero-order valence-corrected chi connectivity index (χ0v) is 20.8. The number of likely N-dealkylation sites (N-methyl/N-ethyl adjacent to an activating group) is 1. The van der Waals surface area contributed by atoms with E-state index in [2.05, 4.69) is 15.1 Å². The molecule has 2 aromatic rings. The average Bonchev–Trinajstić information content (AvgIpc) is 3.08. The van der Waals surface area contributed by atoms with Crippen LogP contribution in [0.5, 0.6) is 0 Å². The minimum Gasteiger partial charge on any atom is -0.459 e. The number of carbonyl (C=O) groups excluding carboxylic acids is 2. The number of hydrogen-bond donors (Lipinski definition) is 1. The van der Waals surface area contributed by atoms with Gasteiger partial charge in [-0.2, -0.15) is 0 Å². The molecule has 2 heterocycles. The molecular weight excluding hydrogens is 440 g/mol. The normalized spacial score (nSPS) is 15.8. The number of hydrogen-bond acceptors (Lipinski definition) is 5. The van der Waals surface area contributed by atoms with Crippen LogP contribution < -0.4 is 5.32 Å². The molecule has 1 N–H and O–H groups in total. The van der Waals surface area contributed by atoms with Gasteiger partial charge >= 0.3 is 0 Å². The van der Waals surface area contributed by atoms with E-state index in [4.69, 9.17) is 16.0 Å². The van der Waals surface area contributed by atoms with Gasteiger partial charge in [-0.15, -0.1) is 0 Å². The Hall–Kier alpha value is -2.35. The van der Waals surface area contributed by atoms with Crippen LogP contribution in [0.3, 0.4) is 0 Å². The lowest BCUT2D eigenvalue weighted by Crippen LogP contribution is -2.46. The maximum Gasteiger partial charge on any atom is 0.236 e. The third kappa shape index (κ3) is 8.18. The standard InChI is InChI=1S/C25H35ClN4O3/c1-25(2,3)27-23(31)17-29-12-5-13-30(15-14-29)18-24(32)28(4)16-21-10-11-22(33-21)19-6-8-20(26)9-7-19/h6-11H,5,12-18H2,1-4H3,(H,27,31). The third-order valence-electron chi connectivity index (χ3n) is 5.53. The molecule has 1 aromatic carbocycles. The van der Waals surface area contributed by atoms with E-state index >= 15 is 0 Å². The van der Waals surface area contributed by atoms with Crippen molar-refractivity contribution in [3.63, 3.8) is 0 Å². The number of nitrogens with one attached hydrogen (secondary N) is 1. The first kappa shape index (κ1) is 25.3. The summed E-state index contributed by atoms with van der Waals surface area (Å²) < 4.78 is 5.93. The van der Waals surface area contributed by atoms with E-state index in [1.165, 1.54) is 0 Å². The van der Waals surface area contributed by atoms with Gasteiger partial charge in [0.25, 0.3) is 0 Å². The number of nitrogens with zero attached hydrogens (tertiary/aromatic N) is 3. The van der Waals surface area contributed by atoms with Crippen LogP contribution in [0.4, 0.5) is 0 Å². The van der Waals surface area contributed by atoms with Gasteiger partial charge in [0.1, 0.15) is 11.5 Å². The monoisotopic (exact) mass is 474 g/mol. The Morgan fingerprint density at radius 3 is 2.27 bits per heavy atom. The molecule has 7 nitrogen and oxygen atoms in total. The van der Waals surface area contributed by atoms with Crippen molar-refractivity contribution in [1.29, 1.82) is 0 Å².